The number of hydrogen-bond donors (Lipinski definition) is 2. The predicted molar refractivity (Wildman–Crippen MR) is 106 cm³/mol. The van der Waals surface area contributed by atoms with Crippen molar-refractivity contribution < 1.29 is 13.6 Å². The van der Waals surface area contributed by atoms with Gasteiger partial charge in [-0.05, 0) is 43.7 Å². The monoisotopic (exact) mass is 417 g/mol. The van der Waals surface area contributed by atoms with Crippen LogP contribution in [0.2, 0.25) is 0 Å². The van der Waals surface area contributed by atoms with E-state index in [-0.39, 0.29) is 11.4 Å². The lowest BCUT2D eigenvalue weighted by Gasteiger charge is -2.36. The molecule has 2 fully saturated rings. The number of nitrogens with zero attached hydrogens (tertiary/aromatic N) is 3. The molecule has 2 aliphatic rings. The van der Waals surface area contributed by atoms with E-state index in [0.717, 1.165) is 34.5 Å². The quantitative estimate of drug-likeness (QED) is 0.680. The summed E-state index contributed by atoms with van der Waals surface area (Å²) >= 11 is 1.29. The van der Waals surface area contributed by atoms with Gasteiger partial charge in [-0.1, -0.05) is 6.07 Å². The molecule has 3 aromatic heterocycles. The number of fused-ring (bicyclic) bond motifs is 1. The minimum absolute atomic E-state index is 0.200. The second-order valence-corrected chi connectivity index (χ2v) is 8.89. The van der Waals surface area contributed by atoms with Crippen LogP contribution in [0, 0.1) is 0 Å². The van der Waals surface area contributed by atoms with E-state index in [1.165, 1.54) is 11.3 Å². The first kappa shape index (κ1) is 18.6. The zero-order valence-electron chi connectivity index (χ0n) is 15.6. The fourth-order valence-corrected chi connectivity index (χ4v) is 5.14. The smallest absolute Gasteiger partial charge is 0.280 e. The number of carbonyl (C=O) groups is 1. The predicted octanol–water partition coefficient (Wildman–Crippen LogP) is 3.58. The van der Waals surface area contributed by atoms with E-state index in [1.807, 2.05) is 24.4 Å². The first-order chi connectivity index (χ1) is 13.9. The summed E-state index contributed by atoms with van der Waals surface area (Å²) in [5.41, 5.74) is 8.36. The van der Waals surface area contributed by atoms with Gasteiger partial charge in [-0.25, -0.2) is 18.3 Å². The van der Waals surface area contributed by atoms with E-state index < -0.39 is 23.9 Å². The molecule has 2 atom stereocenters. The maximum atomic E-state index is 14.3. The van der Waals surface area contributed by atoms with Gasteiger partial charge in [0.25, 0.3) is 11.8 Å². The first-order valence-electron chi connectivity index (χ1n) is 9.82. The van der Waals surface area contributed by atoms with Gasteiger partial charge in [0, 0.05) is 29.1 Å². The standard InChI is InChI=1S/C20H21F2N5OS/c21-20(22)8-3-4-13(23)17(20)26-18(28)19-25-15(16(29-19)11-6-7-11)12-10-24-27-9-2-1-5-14(12)27/h1-2,5,9-11,13,17H,3-4,6-8,23H2,(H,26,28)/t13-,17+/m0/s1. The molecule has 3 N–H and O–H groups in total. The second-order valence-electron chi connectivity index (χ2n) is 7.86. The highest BCUT2D eigenvalue weighted by Crippen LogP contribution is 2.48. The number of nitrogens with one attached hydrogen (secondary N) is 1. The van der Waals surface area contributed by atoms with E-state index in [2.05, 4.69) is 15.4 Å². The van der Waals surface area contributed by atoms with Crippen molar-refractivity contribution >= 4 is 22.8 Å². The molecule has 0 bridgehead atoms. The lowest BCUT2D eigenvalue weighted by atomic mass is 9.87. The van der Waals surface area contributed by atoms with Crippen LogP contribution in [-0.2, 0) is 0 Å². The third-order valence-electron chi connectivity index (χ3n) is 5.69. The van der Waals surface area contributed by atoms with E-state index in [9.17, 15) is 13.6 Å². The van der Waals surface area contributed by atoms with Gasteiger partial charge < -0.3 is 11.1 Å². The lowest BCUT2D eigenvalue weighted by molar-refractivity contribution is -0.0674. The Labute approximate surface area is 170 Å². The Morgan fingerprint density at radius 1 is 1.31 bits per heavy atom. The van der Waals surface area contributed by atoms with Gasteiger partial charge in [0.2, 0.25) is 0 Å². The van der Waals surface area contributed by atoms with Crippen molar-refractivity contribution in [3.05, 3.63) is 40.5 Å². The Balaban J connectivity index is 1.49. The number of amides is 1. The number of alkyl halides is 2. The molecule has 0 aliphatic heterocycles. The lowest BCUT2D eigenvalue weighted by Crippen LogP contribution is -2.59. The maximum Gasteiger partial charge on any atom is 0.280 e. The van der Waals surface area contributed by atoms with Crippen LogP contribution in [0.15, 0.2) is 30.6 Å². The highest BCUT2D eigenvalue weighted by molar-refractivity contribution is 7.14. The molecule has 0 unspecified atom stereocenters. The largest absolute Gasteiger partial charge is 0.340 e. The van der Waals surface area contributed by atoms with Crippen LogP contribution in [0.1, 0.15) is 52.7 Å². The van der Waals surface area contributed by atoms with Crippen LogP contribution in [0.25, 0.3) is 16.8 Å². The van der Waals surface area contributed by atoms with Gasteiger partial charge in [0.1, 0.15) is 6.04 Å². The summed E-state index contributed by atoms with van der Waals surface area (Å²) in [5.74, 6) is -3.22. The molecule has 0 saturated heterocycles. The molecule has 9 heteroatoms. The molecule has 1 amide bonds. The van der Waals surface area contributed by atoms with Crippen LogP contribution >= 0.6 is 11.3 Å². The number of carbonyl (C=O) groups excluding carboxylic acids is 1. The number of halogens is 2. The van der Waals surface area contributed by atoms with E-state index in [0.29, 0.717) is 18.8 Å². The Morgan fingerprint density at radius 3 is 2.90 bits per heavy atom. The number of hydrogen-bond acceptors (Lipinski definition) is 5. The van der Waals surface area contributed by atoms with Crippen molar-refractivity contribution in [2.45, 2.75) is 56.0 Å². The van der Waals surface area contributed by atoms with Gasteiger partial charge in [0.15, 0.2) is 5.01 Å². The molecule has 3 aromatic rings. The van der Waals surface area contributed by atoms with Crippen LogP contribution in [-0.4, -0.2) is 38.5 Å². The Kier molecular flexibility index (Phi) is 4.40. The summed E-state index contributed by atoms with van der Waals surface area (Å²) in [6.45, 7) is 0. The normalized spacial score (nSPS) is 24.0. The average Bonchev–Trinajstić information content (AvgIpc) is 3.29. The van der Waals surface area contributed by atoms with Crippen LogP contribution < -0.4 is 11.1 Å². The maximum absolute atomic E-state index is 14.3. The minimum atomic E-state index is -3.00. The second kappa shape index (κ2) is 6.84. The summed E-state index contributed by atoms with van der Waals surface area (Å²) in [6.07, 6.45) is 6.25. The van der Waals surface area contributed by atoms with Crippen LogP contribution in [0.3, 0.4) is 0 Å². The molecule has 0 spiro atoms. The van der Waals surface area contributed by atoms with E-state index >= 15 is 0 Å². The van der Waals surface area contributed by atoms with Gasteiger partial charge in [-0.2, -0.15) is 5.10 Å². The van der Waals surface area contributed by atoms with Crippen molar-refractivity contribution in [2.24, 2.45) is 5.73 Å². The molecule has 0 aromatic carbocycles. The highest BCUT2D eigenvalue weighted by Gasteiger charge is 2.47. The number of rotatable bonds is 4. The molecule has 5 rings (SSSR count). The SMILES string of the molecule is N[C@H]1CCCC(F)(F)[C@@H]1NC(=O)c1nc(-c2cnn3ccccc23)c(C2CC2)s1. The summed E-state index contributed by atoms with van der Waals surface area (Å²) in [4.78, 5) is 18.4. The number of aromatic nitrogens is 3. The molecule has 3 heterocycles. The molecule has 152 valence electrons. The fraction of sp³-hybridized carbons (Fsp3) is 0.450. The zero-order chi connectivity index (χ0) is 20.2. The topological polar surface area (TPSA) is 85.3 Å². The average molecular weight is 417 g/mol. The van der Waals surface area contributed by atoms with Crippen molar-refractivity contribution in [3.63, 3.8) is 0 Å². The molecule has 6 nitrogen and oxygen atoms in total. The third-order valence-corrected chi connectivity index (χ3v) is 6.91. The van der Waals surface area contributed by atoms with Gasteiger partial charge in [0.05, 0.1) is 17.4 Å². The molecular weight excluding hydrogens is 396 g/mol. The van der Waals surface area contributed by atoms with Gasteiger partial charge in [-0.15, -0.1) is 11.3 Å². The Hall–Kier alpha value is -2.39. The van der Waals surface area contributed by atoms with Crippen molar-refractivity contribution in [2.75, 3.05) is 0 Å². The molecular formula is C20H21F2N5OS. The Bertz CT molecular complexity index is 1070. The summed E-state index contributed by atoms with van der Waals surface area (Å²) < 4.78 is 30.3. The van der Waals surface area contributed by atoms with Gasteiger partial charge in [-0.3, -0.25) is 4.79 Å². The van der Waals surface area contributed by atoms with Crippen LogP contribution in [0.4, 0.5) is 8.78 Å². The van der Waals surface area contributed by atoms with Gasteiger partial charge >= 0.3 is 0 Å². The molecule has 0 radical (unpaired) electrons. The third kappa shape index (κ3) is 3.32. The zero-order valence-corrected chi connectivity index (χ0v) is 16.5. The summed E-state index contributed by atoms with van der Waals surface area (Å²) in [5, 5.41) is 7.03. The molecule has 2 saturated carbocycles. The minimum Gasteiger partial charge on any atom is -0.340 e. The van der Waals surface area contributed by atoms with E-state index in [1.54, 1.807) is 10.7 Å². The summed E-state index contributed by atoms with van der Waals surface area (Å²) in [6, 6.07) is 3.63. The van der Waals surface area contributed by atoms with E-state index in [4.69, 9.17) is 5.73 Å². The fourth-order valence-electron chi connectivity index (χ4n) is 3.99. The van der Waals surface area contributed by atoms with Crippen molar-refractivity contribution in [1.29, 1.82) is 0 Å². The highest BCUT2D eigenvalue weighted by atomic mass is 32.1. The molecule has 29 heavy (non-hydrogen) atoms. The van der Waals surface area contributed by atoms with Crippen molar-refractivity contribution in [1.82, 2.24) is 19.9 Å². The number of pyridine rings is 1. The Morgan fingerprint density at radius 2 is 2.14 bits per heavy atom. The summed E-state index contributed by atoms with van der Waals surface area (Å²) in [7, 11) is 0. The molecule has 2 aliphatic carbocycles. The van der Waals surface area contributed by atoms with Crippen LogP contribution in [0.5, 0.6) is 0 Å². The number of nitrogens with two attached hydrogens (primary N) is 1. The number of thiazole rings is 1. The first-order valence-corrected chi connectivity index (χ1v) is 10.6. The van der Waals surface area contributed by atoms with Crippen molar-refractivity contribution in [3.8, 4) is 11.3 Å².